The van der Waals surface area contributed by atoms with E-state index in [0.29, 0.717) is 18.3 Å². The predicted molar refractivity (Wildman–Crippen MR) is 134 cm³/mol. The highest BCUT2D eigenvalue weighted by atomic mass is 35.5. The number of hydrogen-bond acceptors (Lipinski definition) is 4. The summed E-state index contributed by atoms with van der Waals surface area (Å²) in [5, 5.41) is 20.2. The van der Waals surface area contributed by atoms with Gasteiger partial charge in [-0.25, -0.2) is 0 Å². The summed E-state index contributed by atoms with van der Waals surface area (Å²) < 4.78 is 2.20. The first kappa shape index (κ1) is 21.2. The molecular weight excluding hydrogens is 432 g/mol. The maximum atomic E-state index is 6.24. The van der Waals surface area contributed by atoms with Crippen LogP contribution in [0.5, 0.6) is 0 Å². The van der Waals surface area contributed by atoms with E-state index in [1.165, 1.54) is 11.1 Å². The molecule has 0 saturated carbocycles. The number of benzene rings is 3. The number of nitrogens with one attached hydrogen (secondary N) is 2. The Labute approximate surface area is 197 Å². The number of aromatic amines is 1. The van der Waals surface area contributed by atoms with Crippen LogP contribution in [-0.4, -0.2) is 25.2 Å². The van der Waals surface area contributed by atoms with E-state index >= 15 is 0 Å². The second-order valence-corrected chi connectivity index (χ2v) is 8.91. The van der Waals surface area contributed by atoms with Crippen molar-refractivity contribution in [3.8, 4) is 11.5 Å². The lowest BCUT2D eigenvalue weighted by atomic mass is 10.0. The quantitative estimate of drug-likeness (QED) is 0.303. The minimum absolute atomic E-state index is 0.531. The van der Waals surface area contributed by atoms with Crippen molar-refractivity contribution in [2.24, 2.45) is 0 Å². The normalized spacial score (nSPS) is 11.4. The van der Waals surface area contributed by atoms with E-state index in [2.05, 4.69) is 99.0 Å². The molecule has 5 aromatic rings. The van der Waals surface area contributed by atoms with Gasteiger partial charge in [-0.1, -0.05) is 67.9 Å². The highest BCUT2D eigenvalue weighted by molar-refractivity contribution is 6.30. The number of fused-ring (bicyclic) bond motifs is 1. The van der Waals surface area contributed by atoms with Crippen LogP contribution in [0.1, 0.15) is 36.5 Å². The van der Waals surface area contributed by atoms with Gasteiger partial charge in [-0.05, 0) is 58.2 Å². The highest BCUT2D eigenvalue weighted by Crippen LogP contribution is 2.32. The summed E-state index contributed by atoms with van der Waals surface area (Å²) in [5.74, 6) is 1.09. The second kappa shape index (κ2) is 9.08. The van der Waals surface area contributed by atoms with Crippen molar-refractivity contribution in [3.63, 3.8) is 0 Å². The van der Waals surface area contributed by atoms with Crippen molar-refractivity contribution in [2.75, 3.05) is 5.32 Å². The minimum Gasteiger partial charge on any atom is -0.380 e. The van der Waals surface area contributed by atoms with Gasteiger partial charge in [0.05, 0.1) is 11.2 Å². The van der Waals surface area contributed by atoms with Gasteiger partial charge in [0.25, 0.3) is 0 Å². The molecule has 0 aliphatic rings. The van der Waals surface area contributed by atoms with Gasteiger partial charge in [-0.3, -0.25) is 0 Å². The number of anilines is 1. The Hall–Kier alpha value is -3.64. The SMILES string of the molecule is CC(C)c1ccc(CNc2cccc3c2cc(-c2nn[nH]n2)n3Cc2cccc(Cl)c2)cc1. The summed E-state index contributed by atoms with van der Waals surface area (Å²) in [6.07, 6.45) is 0. The van der Waals surface area contributed by atoms with E-state index < -0.39 is 0 Å². The summed E-state index contributed by atoms with van der Waals surface area (Å²) >= 11 is 6.24. The Morgan fingerprint density at radius 3 is 2.52 bits per heavy atom. The number of aromatic nitrogens is 5. The van der Waals surface area contributed by atoms with Gasteiger partial charge in [0.15, 0.2) is 0 Å². The maximum absolute atomic E-state index is 6.24. The highest BCUT2D eigenvalue weighted by Gasteiger charge is 2.16. The van der Waals surface area contributed by atoms with Gasteiger partial charge in [0.2, 0.25) is 5.82 Å². The number of tetrazole rings is 1. The van der Waals surface area contributed by atoms with Gasteiger partial charge in [-0.15, -0.1) is 10.2 Å². The molecule has 0 aliphatic heterocycles. The van der Waals surface area contributed by atoms with E-state index in [1.807, 2.05) is 18.2 Å². The fourth-order valence-electron chi connectivity index (χ4n) is 4.10. The molecule has 2 N–H and O–H groups in total. The molecule has 0 aliphatic carbocycles. The maximum Gasteiger partial charge on any atom is 0.221 e. The molecule has 3 aromatic carbocycles. The van der Waals surface area contributed by atoms with E-state index in [-0.39, 0.29) is 0 Å². The minimum atomic E-state index is 0.531. The van der Waals surface area contributed by atoms with Crippen LogP contribution in [0.2, 0.25) is 5.02 Å². The van der Waals surface area contributed by atoms with Crippen molar-refractivity contribution < 1.29 is 0 Å². The van der Waals surface area contributed by atoms with E-state index in [4.69, 9.17) is 11.6 Å². The molecule has 166 valence electrons. The average Bonchev–Trinajstić information content (AvgIpc) is 3.47. The molecule has 2 heterocycles. The Bertz CT molecular complexity index is 1370. The molecule has 0 amide bonds. The predicted octanol–water partition coefficient (Wildman–Crippen LogP) is 6.26. The van der Waals surface area contributed by atoms with Gasteiger partial charge in [0.1, 0.15) is 0 Å². The number of hydrogen-bond donors (Lipinski definition) is 2. The van der Waals surface area contributed by atoms with Crippen LogP contribution in [0.15, 0.2) is 72.8 Å². The molecule has 5 rings (SSSR count). The van der Waals surface area contributed by atoms with E-state index in [9.17, 15) is 0 Å². The smallest absolute Gasteiger partial charge is 0.221 e. The fourth-order valence-corrected chi connectivity index (χ4v) is 4.31. The van der Waals surface area contributed by atoms with Gasteiger partial charge < -0.3 is 9.88 Å². The standard InChI is InChI=1S/C26H25ClN6/c1-17(2)20-11-9-18(10-12-20)15-28-23-7-4-8-24-22(23)14-25(26-29-31-32-30-26)33(24)16-19-5-3-6-21(27)13-19/h3-14,17,28H,15-16H2,1-2H3,(H,29,30,31,32). The molecule has 7 heteroatoms. The lowest BCUT2D eigenvalue weighted by molar-refractivity contribution is 0.837. The average molecular weight is 457 g/mol. The molecule has 0 fully saturated rings. The van der Waals surface area contributed by atoms with Crippen LogP contribution in [0.4, 0.5) is 5.69 Å². The third-order valence-corrected chi connectivity index (χ3v) is 6.11. The monoisotopic (exact) mass is 456 g/mol. The van der Waals surface area contributed by atoms with Crippen molar-refractivity contribution in [1.29, 1.82) is 0 Å². The van der Waals surface area contributed by atoms with Crippen LogP contribution >= 0.6 is 11.6 Å². The first-order chi connectivity index (χ1) is 16.1. The van der Waals surface area contributed by atoms with Gasteiger partial charge >= 0.3 is 0 Å². The van der Waals surface area contributed by atoms with Crippen molar-refractivity contribution in [2.45, 2.75) is 32.9 Å². The molecular formula is C26H25ClN6. The van der Waals surface area contributed by atoms with E-state index in [0.717, 1.165) is 39.4 Å². The third-order valence-electron chi connectivity index (χ3n) is 5.88. The molecule has 0 unspecified atom stereocenters. The van der Waals surface area contributed by atoms with Gasteiger partial charge in [-0.2, -0.15) is 5.21 Å². The number of nitrogens with zero attached hydrogens (tertiary/aromatic N) is 4. The van der Waals surface area contributed by atoms with Crippen LogP contribution < -0.4 is 5.32 Å². The summed E-state index contributed by atoms with van der Waals surface area (Å²) in [7, 11) is 0. The van der Waals surface area contributed by atoms with Crippen molar-refractivity contribution in [3.05, 3.63) is 94.5 Å². The zero-order valence-electron chi connectivity index (χ0n) is 18.6. The molecule has 0 saturated heterocycles. The molecule has 2 aromatic heterocycles. The topological polar surface area (TPSA) is 71.4 Å². The molecule has 0 spiro atoms. The number of halogens is 1. The fraction of sp³-hybridized carbons (Fsp3) is 0.192. The Balaban J connectivity index is 1.50. The lowest BCUT2D eigenvalue weighted by Crippen LogP contribution is -2.03. The summed E-state index contributed by atoms with van der Waals surface area (Å²) in [6.45, 7) is 5.81. The third kappa shape index (κ3) is 4.47. The van der Waals surface area contributed by atoms with Crippen LogP contribution in [0.3, 0.4) is 0 Å². The van der Waals surface area contributed by atoms with Crippen LogP contribution in [-0.2, 0) is 13.1 Å². The molecule has 0 radical (unpaired) electrons. The van der Waals surface area contributed by atoms with E-state index in [1.54, 1.807) is 0 Å². The van der Waals surface area contributed by atoms with Crippen molar-refractivity contribution in [1.82, 2.24) is 25.2 Å². The number of H-pyrrole nitrogens is 1. The second-order valence-electron chi connectivity index (χ2n) is 8.47. The molecule has 0 bridgehead atoms. The lowest BCUT2D eigenvalue weighted by Gasteiger charge is -2.12. The molecule has 0 atom stereocenters. The Morgan fingerprint density at radius 1 is 0.970 bits per heavy atom. The van der Waals surface area contributed by atoms with Crippen LogP contribution in [0, 0.1) is 0 Å². The first-order valence-electron chi connectivity index (χ1n) is 11.0. The summed E-state index contributed by atoms with van der Waals surface area (Å²) in [6, 6.07) is 25.1. The largest absolute Gasteiger partial charge is 0.380 e. The summed E-state index contributed by atoms with van der Waals surface area (Å²) in [5.41, 5.74) is 6.75. The zero-order valence-corrected chi connectivity index (χ0v) is 19.3. The van der Waals surface area contributed by atoms with Crippen molar-refractivity contribution >= 4 is 28.2 Å². The molecule has 6 nitrogen and oxygen atoms in total. The van der Waals surface area contributed by atoms with Gasteiger partial charge in [0, 0.05) is 29.2 Å². The van der Waals surface area contributed by atoms with Crippen LogP contribution in [0.25, 0.3) is 22.4 Å². The number of rotatable bonds is 7. The molecule has 33 heavy (non-hydrogen) atoms. The zero-order chi connectivity index (χ0) is 22.8. The summed E-state index contributed by atoms with van der Waals surface area (Å²) in [4.78, 5) is 0. The Morgan fingerprint density at radius 2 is 1.79 bits per heavy atom. The Kier molecular flexibility index (Phi) is 5.84. The first-order valence-corrected chi connectivity index (χ1v) is 11.4.